The van der Waals surface area contributed by atoms with Gasteiger partial charge in [0.15, 0.2) is 0 Å². The molecule has 0 saturated heterocycles. The third-order valence-corrected chi connectivity index (χ3v) is 1.42. The number of hydrogen-bond donors (Lipinski definition) is 0. The molecule has 2 rings (SSSR count). The summed E-state index contributed by atoms with van der Waals surface area (Å²) in [6.45, 7) is 0.948. The monoisotopic (exact) mass is 117 g/mol. The fraction of sp³-hybridized carbons (Fsp3) is 0.125. The van der Waals surface area contributed by atoms with Crippen molar-refractivity contribution in [3.63, 3.8) is 0 Å². The van der Waals surface area contributed by atoms with Crippen LogP contribution in [0.4, 0.5) is 0 Å². The summed E-state index contributed by atoms with van der Waals surface area (Å²) in [6, 6.07) is 10.3. The van der Waals surface area contributed by atoms with Crippen LogP contribution in [-0.2, 0) is 0 Å². The van der Waals surface area contributed by atoms with Crippen molar-refractivity contribution in [3.05, 3.63) is 35.9 Å². The SMILES string of the molecule is c1ccc(C2=NC2)cc1. The van der Waals surface area contributed by atoms with E-state index in [4.69, 9.17) is 0 Å². The first-order valence-electron chi connectivity index (χ1n) is 3.05. The first-order valence-corrected chi connectivity index (χ1v) is 3.05. The molecule has 1 aromatic rings. The molecule has 0 aromatic heterocycles. The molecule has 0 N–H and O–H groups in total. The van der Waals surface area contributed by atoms with Crippen molar-refractivity contribution in [2.75, 3.05) is 6.54 Å². The highest BCUT2D eigenvalue weighted by Gasteiger charge is 2.10. The number of hydrogen-bond acceptors (Lipinski definition) is 1. The molecule has 0 saturated carbocycles. The van der Waals surface area contributed by atoms with Gasteiger partial charge in [0.2, 0.25) is 0 Å². The minimum atomic E-state index is 0.948. The van der Waals surface area contributed by atoms with Gasteiger partial charge >= 0.3 is 0 Å². The molecule has 1 aliphatic heterocycles. The van der Waals surface area contributed by atoms with Crippen LogP contribution >= 0.6 is 0 Å². The Morgan fingerprint density at radius 2 is 1.78 bits per heavy atom. The van der Waals surface area contributed by atoms with Crippen LogP contribution in [0.25, 0.3) is 0 Å². The molecule has 0 amide bonds. The Morgan fingerprint density at radius 1 is 1.11 bits per heavy atom. The van der Waals surface area contributed by atoms with Crippen LogP contribution in [0.2, 0.25) is 0 Å². The third kappa shape index (κ3) is 0.854. The van der Waals surface area contributed by atoms with Crippen LogP contribution in [0, 0.1) is 0 Å². The van der Waals surface area contributed by atoms with Gasteiger partial charge in [-0.3, -0.25) is 4.99 Å². The van der Waals surface area contributed by atoms with Crippen LogP contribution in [-0.4, -0.2) is 12.3 Å². The molecule has 0 atom stereocenters. The lowest BCUT2D eigenvalue weighted by atomic mass is 10.2. The van der Waals surface area contributed by atoms with E-state index in [9.17, 15) is 0 Å². The van der Waals surface area contributed by atoms with Crippen LogP contribution in [0.15, 0.2) is 35.3 Å². The van der Waals surface area contributed by atoms with Gasteiger partial charge in [0, 0.05) is 0 Å². The largest absolute Gasteiger partial charge is 0.281 e. The maximum Gasteiger partial charge on any atom is 0.0817 e. The zero-order valence-corrected chi connectivity index (χ0v) is 5.04. The number of benzene rings is 1. The molecular weight excluding hydrogens is 110 g/mol. The van der Waals surface area contributed by atoms with Crippen LogP contribution in [0.1, 0.15) is 5.56 Å². The lowest BCUT2D eigenvalue weighted by Gasteiger charge is -1.86. The zero-order chi connectivity index (χ0) is 6.10. The molecule has 9 heavy (non-hydrogen) atoms. The molecule has 0 bridgehead atoms. The average Bonchev–Trinajstić information content (AvgIpc) is 2.71. The quantitative estimate of drug-likeness (QED) is 0.528. The van der Waals surface area contributed by atoms with Gasteiger partial charge in [-0.2, -0.15) is 0 Å². The van der Waals surface area contributed by atoms with Gasteiger partial charge in [-0.05, 0) is 5.56 Å². The van der Waals surface area contributed by atoms with Crippen molar-refractivity contribution in [3.8, 4) is 0 Å². The van der Waals surface area contributed by atoms with Crippen molar-refractivity contribution in [2.24, 2.45) is 4.99 Å². The Morgan fingerprint density at radius 3 is 2.33 bits per heavy atom. The summed E-state index contributed by atoms with van der Waals surface area (Å²) in [4.78, 5) is 4.09. The Hall–Kier alpha value is -1.11. The van der Waals surface area contributed by atoms with Gasteiger partial charge in [0.1, 0.15) is 0 Å². The molecule has 1 nitrogen and oxygen atoms in total. The van der Waals surface area contributed by atoms with Crippen molar-refractivity contribution >= 4 is 5.71 Å². The Kier molecular flexibility index (Phi) is 0.890. The molecule has 0 spiro atoms. The molecule has 0 fully saturated rings. The van der Waals surface area contributed by atoms with Crippen LogP contribution in [0.5, 0.6) is 0 Å². The van der Waals surface area contributed by atoms with E-state index in [1.54, 1.807) is 0 Å². The van der Waals surface area contributed by atoms with E-state index in [0.29, 0.717) is 0 Å². The molecule has 1 heteroatoms. The molecule has 0 unspecified atom stereocenters. The molecular formula is C8H7N. The first kappa shape index (κ1) is 4.74. The van der Waals surface area contributed by atoms with E-state index < -0.39 is 0 Å². The molecule has 1 heterocycles. The van der Waals surface area contributed by atoms with E-state index >= 15 is 0 Å². The molecule has 1 aliphatic rings. The highest BCUT2D eigenvalue weighted by molar-refractivity contribution is 6.10. The second-order valence-corrected chi connectivity index (χ2v) is 2.13. The lowest BCUT2D eigenvalue weighted by molar-refractivity contribution is 1.57. The van der Waals surface area contributed by atoms with Gasteiger partial charge in [0.25, 0.3) is 0 Å². The predicted molar refractivity (Wildman–Crippen MR) is 37.8 cm³/mol. The highest BCUT2D eigenvalue weighted by Crippen LogP contribution is 2.09. The van der Waals surface area contributed by atoms with Crippen LogP contribution in [0.3, 0.4) is 0 Å². The summed E-state index contributed by atoms with van der Waals surface area (Å²) in [5.74, 6) is 0. The standard InChI is InChI=1S/C8H7N/c1-2-4-7(5-3-1)8-6-9-8/h1-5H,6H2. The molecule has 1 aromatic carbocycles. The van der Waals surface area contributed by atoms with E-state index in [1.165, 1.54) is 11.3 Å². The summed E-state index contributed by atoms with van der Waals surface area (Å²) < 4.78 is 0. The Labute approximate surface area is 54.1 Å². The summed E-state index contributed by atoms with van der Waals surface area (Å²) in [5, 5.41) is 0. The maximum atomic E-state index is 4.09. The number of aliphatic imine (C=N–C) groups is 1. The van der Waals surface area contributed by atoms with Crippen molar-refractivity contribution in [1.29, 1.82) is 0 Å². The van der Waals surface area contributed by atoms with Crippen molar-refractivity contribution in [1.82, 2.24) is 0 Å². The predicted octanol–water partition coefficient (Wildman–Crippen LogP) is 1.49. The van der Waals surface area contributed by atoms with E-state index in [0.717, 1.165) is 6.54 Å². The smallest absolute Gasteiger partial charge is 0.0817 e. The summed E-state index contributed by atoms with van der Waals surface area (Å²) >= 11 is 0. The van der Waals surface area contributed by atoms with Gasteiger partial charge < -0.3 is 0 Å². The van der Waals surface area contributed by atoms with Gasteiger partial charge in [-0.25, -0.2) is 0 Å². The molecule has 0 aliphatic carbocycles. The van der Waals surface area contributed by atoms with Gasteiger partial charge in [0.05, 0.1) is 12.3 Å². The van der Waals surface area contributed by atoms with E-state index in [-0.39, 0.29) is 0 Å². The molecule has 0 radical (unpaired) electrons. The first-order chi connectivity index (χ1) is 4.47. The second-order valence-electron chi connectivity index (χ2n) is 2.13. The Bertz CT molecular complexity index is 236. The summed E-state index contributed by atoms with van der Waals surface area (Å²) in [6.07, 6.45) is 0. The Balaban J connectivity index is 2.40. The zero-order valence-electron chi connectivity index (χ0n) is 5.04. The fourth-order valence-corrected chi connectivity index (χ4v) is 0.853. The van der Waals surface area contributed by atoms with Crippen LogP contribution < -0.4 is 0 Å². The number of nitrogens with zero attached hydrogens (tertiary/aromatic N) is 1. The van der Waals surface area contributed by atoms with E-state index in [1.807, 2.05) is 18.2 Å². The second kappa shape index (κ2) is 1.69. The minimum Gasteiger partial charge on any atom is -0.281 e. The van der Waals surface area contributed by atoms with Crippen molar-refractivity contribution in [2.45, 2.75) is 0 Å². The fourth-order valence-electron chi connectivity index (χ4n) is 0.853. The average molecular weight is 117 g/mol. The summed E-state index contributed by atoms with van der Waals surface area (Å²) in [7, 11) is 0. The van der Waals surface area contributed by atoms with E-state index in [2.05, 4.69) is 17.1 Å². The van der Waals surface area contributed by atoms with Gasteiger partial charge in [-0.15, -0.1) is 0 Å². The highest BCUT2D eigenvalue weighted by atomic mass is 14.9. The minimum absolute atomic E-state index is 0.948. The maximum absolute atomic E-state index is 4.09. The number of rotatable bonds is 1. The third-order valence-electron chi connectivity index (χ3n) is 1.42. The summed E-state index contributed by atoms with van der Waals surface area (Å²) in [5.41, 5.74) is 2.52. The van der Waals surface area contributed by atoms with Gasteiger partial charge in [-0.1, -0.05) is 30.3 Å². The van der Waals surface area contributed by atoms with Crippen molar-refractivity contribution < 1.29 is 0 Å². The normalized spacial score (nSPS) is 14.9. The molecule has 44 valence electrons. The lowest BCUT2D eigenvalue weighted by Crippen LogP contribution is -1.83. The topological polar surface area (TPSA) is 12.4 Å².